The molecule has 9 rings (SSSR count). The fourth-order valence-electron chi connectivity index (χ4n) is 8.06. The molecule has 4 heteroatoms. The van der Waals surface area contributed by atoms with Crippen LogP contribution in [0.1, 0.15) is 0 Å². The molecule has 0 atom stereocenters. The standard InChI is InChI=1S/C54H45NS3/c1-10-28-46(29-11-1)56(47-30-12-2-13-31-47,48-32-14-3-15-33-48)55(57(49-34-16-4-17-35-49,50-36-18-5-19-37-50)51-38-20-6-21-39-51)58(52-40-22-7-23-41-52,53-42-24-8-25-43-53)54-44-26-9-27-45-54/h1-45H. The highest BCUT2D eigenvalue weighted by molar-refractivity contribution is 8.58. The smallest absolute Gasteiger partial charge is 0.0127 e. The molecule has 0 aromatic heterocycles. The summed E-state index contributed by atoms with van der Waals surface area (Å²) < 4.78 is 3.15. The quantitative estimate of drug-likeness (QED) is 0.119. The van der Waals surface area contributed by atoms with Gasteiger partial charge in [-0.05, 0) is 109 Å². The van der Waals surface area contributed by atoms with Crippen molar-refractivity contribution in [1.29, 1.82) is 0 Å². The zero-order valence-electron chi connectivity index (χ0n) is 32.2. The Morgan fingerprint density at radius 1 is 0.155 bits per heavy atom. The van der Waals surface area contributed by atoms with Crippen LogP contribution in [0.25, 0.3) is 0 Å². The predicted molar refractivity (Wildman–Crippen MR) is 247 cm³/mol. The Bertz CT molecular complexity index is 2040. The van der Waals surface area contributed by atoms with Crippen molar-refractivity contribution in [1.82, 2.24) is 3.12 Å². The van der Waals surface area contributed by atoms with E-state index in [1.54, 1.807) is 0 Å². The van der Waals surface area contributed by atoms with E-state index in [2.05, 4.69) is 276 Å². The van der Waals surface area contributed by atoms with Crippen LogP contribution >= 0.6 is 30.6 Å². The van der Waals surface area contributed by atoms with Crippen molar-refractivity contribution in [3.05, 3.63) is 273 Å². The van der Waals surface area contributed by atoms with Crippen molar-refractivity contribution in [2.45, 2.75) is 44.1 Å². The van der Waals surface area contributed by atoms with Crippen molar-refractivity contribution in [2.75, 3.05) is 0 Å². The van der Waals surface area contributed by atoms with Gasteiger partial charge in [-0.3, -0.25) is 0 Å². The molecular weight excluding hydrogens is 759 g/mol. The zero-order valence-corrected chi connectivity index (χ0v) is 34.6. The molecule has 58 heavy (non-hydrogen) atoms. The molecule has 0 aliphatic rings. The largest absolute Gasteiger partial charge is 0.157 e. The van der Waals surface area contributed by atoms with Gasteiger partial charge < -0.3 is 0 Å². The van der Waals surface area contributed by atoms with Gasteiger partial charge in [0.25, 0.3) is 0 Å². The first-order chi connectivity index (χ1) is 28.8. The Labute approximate surface area is 348 Å². The van der Waals surface area contributed by atoms with E-state index >= 15 is 0 Å². The summed E-state index contributed by atoms with van der Waals surface area (Å²) >= 11 is 0. The summed E-state index contributed by atoms with van der Waals surface area (Å²) in [5.74, 6) is 0. The van der Waals surface area contributed by atoms with Gasteiger partial charge in [0.15, 0.2) is 0 Å². The summed E-state index contributed by atoms with van der Waals surface area (Å²) in [6.07, 6.45) is 0. The van der Waals surface area contributed by atoms with Gasteiger partial charge in [0.05, 0.1) is 0 Å². The Kier molecular flexibility index (Phi) is 10.9. The number of hydrogen-bond donors (Lipinski definition) is 0. The molecule has 0 fully saturated rings. The molecule has 0 amide bonds. The van der Waals surface area contributed by atoms with Crippen LogP contribution in [0.2, 0.25) is 0 Å². The second-order valence-electron chi connectivity index (χ2n) is 13.8. The molecule has 0 aliphatic carbocycles. The fraction of sp³-hybridized carbons (Fsp3) is 0. The molecule has 0 spiro atoms. The second kappa shape index (κ2) is 16.8. The average Bonchev–Trinajstić information content (AvgIpc) is 3.33. The first kappa shape index (κ1) is 37.6. The molecule has 0 aliphatic heterocycles. The first-order valence-corrected chi connectivity index (χ1v) is 24.4. The van der Waals surface area contributed by atoms with Gasteiger partial charge in [0.2, 0.25) is 0 Å². The van der Waals surface area contributed by atoms with Crippen LogP contribution < -0.4 is 0 Å². The predicted octanol–water partition coefficient (Wildman–Crippen LogP) is 16.0. The third kappa shape index (κ3) is 6.30. The summed E-state index contributed by atoms with van der Waals surface area (Å²) in [7, 11) is -7.41. The number of hydrogen-bond acceptors (Lipinski definition) is 1. The SMILES string of the molecule is c1ccc(S(c2ccccc2)(c2ccccc2)N(S(c2ccccc2)(c2ccccc2)c2ccccc2)S(c2ccccc2)(c2ccccc2)c2ccccc2)cc1. The monoisotopic (exact) mass is 803 g/mol. The maximum Gasteiger partial charge on any atom is 0.0127 e. The Hall–Kier alpha value is -6.01. The number of benzene rings is 9. The Morgan fingerprint density at radius 3 is 0.362 bits per heavy atom. The van der Waals surface area contributed by atoms with E-state index in [0.29, 0.717) is 0 Å². The van der Waals surface area contributed by atoms with E-state index < -0.39 is 30.6 Å². The molecule has 284 valence electrons. The van der Waals surface area contributed by atoms with Crippen molar-refractivity contribution in [3.63, 3.8) is 0 Å². The van der Waals surface area contributed by atoms with Gasteiger partial charge in [-0.2, -0.15) is 3.12 Å². The van der Waals surface area contributed by atoms with Gasteiger partial charge in [0, 0.05) is 44.1 Å². The summed E-state index contributed by atoms with van der Waals surface area (Å²) in [5, 5.41) is 0. The summed E-state index contributed by atoms with van der Waals surface area (Å²) in [4.78, 5) is 11.4. The lowest BCUT2D eigenvalue weighted by atomic mass is 10.4. The third-order valence-corrected chi connectivity index (χ3v) is 24.4. The maximum atomic E-state index is 3.15. The van der Waals surface area contributed by atoms with E-state index in [9.17, 15) is 0 Å². The number of rotatable bonds is 12. The first-order valence-electron chi connectivity index (χ1n) is 19.6. The van der Waals surface area contributed by atoms with Crippen LogP contribution in [0.15, 0.2) is 317 Å². The molecular formula is C54H45NS3. The molecule has 0 unspecified atom stereocenters. The third-order valence-electron chi connectivity index (χ3n) is 10.4. The molecule has 9 aromatic carbocycles. The van der Waals surface area contributed by atoms with Gasteiger partial charge in [-0.1, -0.05) is 194 Å². The Morgan fingerprint density at radius 2 is 0.259 bits per heavy atom. The average molecular weight is 804 g/mol. The lowest BCUT2D eigenvalue weighted by Crippen LogP contribution is -2.36. The lowest BCUT2D eigenvalue weighted by Gasteiger charge is -2.68. The lowest BCUT2D eigenvalue weighted by molar-refractivity contribution is 1.00. The molecule has 9 aromatic rings. The minimum Gasteiger partial charge on any atom is -0.157 e. The van der Waals surface area contributed by atoms with Gasteiger partial charge >= 0.3 is 0 Å². The van der Waals surface area contributed by atoms with Gasteiger partial charge in [-0.25, -0.2) is 0 Å². The van der Waals surface area contributed by atoms with Crippen molar-refractivity contribution in [3.8, 4) is 0 Å². The minimum absolute atomic E-state index is 1.27. The van der Waals surface area contributed by atoms with Crippen LogP contribution in [-0.4, -0.2) is 3.12 Å². The zero-order chi connectivity index (χ0) is 39.1. The molecule has 0 bridgehead atoms. The summed E-state index contributed by atoms with van der Waals surface area (Å²) in [6.45, 7) is 0. The van der Waals surface area contributed by atoms with Crippen LogP contribution in [0.4, 0.5) is 0 Å². The van der Waals surface area contributed by atoms with Crippen molar-refractivity contribution >= 4 is 30.6 Å². The molecule has 0 N–H and O–H groups in total. The minimum atomic E-state index is -2.47. The summed E-state index contributed by atoms with van der Waals surface area (Å²) in [5.41, 5.74) is 0. The molecule has 0 radical (unpaired) electrons. The number of nitrogens with zero attached hydrogens (tertiary/aromatic N) is 1. The van der Waals surface area contributed by atoms with E-state index in [1.807, 2.05) is 0 Å². The highest BCUT2D eigenvalue weighted by Gasteiger charge is 2.58. The second-order valence-corrected chi connectivity index (χ2v) is 23.3. The van der Waals surface area contributed by atoms with Crippen molar-refractivity contribution in [2.24, 2.45) is 0 Å². The van der Waals surface area contributed by atoms with Gasteiger partial charge in [0.1, 0.15) is 0 Å². The molecule has 0 saturated heterocycles. The van der Waals surface area contributed by atoms with Crippen LogP contribution in [0, 0.1) is 0 Å². The van der Waals surface area contributed by atoms with Gasteiger partial charge in [-0.15, -0.1) is 0 Å². The maximum absolute atomic E-state index is 3.15. The van der Waals surface area contributed by atoms with E-state index in [1.165, 1.54) is 44.1 Å². The summed E-state index contributed by atoms with van der Waals surface area (Å²) in [6, 6.07) is 103. The molecule has 0 saturated carbocycles. The van der Waals surface area contributed by atoms with Crippen LogP contribution in [-0.2, 0) is 0 Å². The van der Waals surface area contributed by atoms with E-state index in [0.717, 1.165) is 0 Å². The van der Waals surface area contributed by atoms with E-state index in [-0.39, 0.29) is 0 Å². The molecule has 0 heterocycles. The van der Waals surface area contributed by atoms with Crippen molar-refractivity contribution < 1.29 is 0 Å². The topological polar surface area (TPSA) is 3.24 Å². The highest BCUT2D eigenvalue weighted by atomic mass is 32.4. The van der Waals surface area contributed by atoms with Crippen LogP contribution in [0.5, 0.6) is 0 Å². The fourth-order valence-corrected chi connectivity index (χ4v) is 25.7. The van der Waals surface area contributed by atoms with Crippen LogP contribution in [0.3, 0.4) is 0 Å². The Balaban J connectivity index is 1.68. The van der Waals surface area contributed by atoms with E-state index in [4.69, 9.17) is 0 Å². The highest BCUT2D eigenvalue weighted by Crippen LogP contribution is 2.95. The molecule has 1 nitrogen and oxygen atoms in total. The normalized spacial score (nSPS) is 12.8.